The second-order valence-corrected chi connectivity index (χ2v) is 5.00. The first kappa shape index (κ1) is 15.6. The van der Waals surface area contributed by atoms with Crippen LogP contribution in [0.5, 0.6) is 0 Å². The predicted molar refractivity (Wildman–Crippen MR) is 79.0 cm³/mol. The molecule has 1 unspecified atom stereocenters. The smallest absolute Gasteiger partial charge is 0.405 e. The predicted octanol–water partition coefficient (Wildman–Crippen LogP) is 1.72. The highest BCUT2D eigenvalue weighted by Crippen LogP contribution is 2.20. The van der Waals surface area contributed by atoms with Crippen molar-refractivity contribution in [1.82, 2.24) is 25.1 Å². The molecular weight excluding hydrogens is 324 g/mol. The van der Waals surface area contributed by atoms with Crippen molar-refractivity contribution in [2.75, 3.05) is 0 Å². The van der Waals surface area contributed by atoms with Crippen molar-refractivity contribution in [3.8, 4) is 5.82 Å². The number of hydrogen-bond donors (Lipinski definition) is 3. The summed E-state index contributed by atoms with van der Waals surface area (Å²) < 4.78 is 28.5. The van der Waals surface area contributed by atoms with E-state index in [0.29, 0.717) is 6.07 Å². The van der Waals surface area contributed by atoms with Gasteiger partial charge in [-0.25, -0.2) is 23.1 Å². The lowest BCUT2D eigenvalue weighted by Gasteiger charge is -2.17. The highest BCUT2D eigenvalue weighted by Gasteiger charge is 2.22. The molecule has 3 N–H and O–H groups in total. The van der Waals surface area contributed by atoms with Crippen molar-refractivity contribution in [3.05, 3.63) is 52.2 Å². The fourth-order valence-corrected chi connectivity index (χ4v) is 2.37. The number of carbonyl (C=O) groups is 1. The van der Waals surface area contributed by atoms with Gasteiger partial charge in [-0.15, -0.1) is 0 Å². The van der Waals surface area contributed by atoms with Crippen LogP contribution in [0.15, 0.2) is 29.2 Å². The number of hydrogen-bond acceptors (Lipinski definition) is 4. The number of carboxylic acid groups (broad SMARTS) is 1. The van der Waals surface area contributed by atoms with Crippen LogP contribution < -0.4 is 10.9 Å². The number of nitrogens with zero attached hydrogens (tertiary/aromatic N) is 3. The number of rotatable bonds is 3. The van der Waals surface area contributed by atoms with Crippen molar-refractivity contribution in [2.24, 2.45) is 0 Å². The van der Waals surface area contributed by atoms with Crippen LogP contribution in [0.25, 0.3) is 16.7 Å². The van der Waals surface area contributed by atoms with Crippen LogP contribution in [0, 0.1) is 11.6 Å². The molecule has 0 radical (unpaired) electrons. The molecule has 0 aliphatic rings. The summed E-state index contributed by atoms with van der Waals surface area (Å²) >= 11 is 0. The summed E-state index contributed by atoms with van der Waals surface area (Å²) in [6, 6.07) is 1.98. The van der Waals surface area contributed by atoms with Crippen molar-refractivity contribution >= 4 is 17.0 Å². The molecule has 0 bridgehead atoms. The van der Waals surface area contributed by atoms with Crippen LogP contribution in [0.1, 0.15) is 18.8 Å². The van der Waals surface area contributed by atoms with Gasteiger partial charge in [0.1, 0.15) is 17.2 Å². The third-order valence-corrected chi connectivity index (χ3v) is 3.36. The maximum Gasteiger partial charge on any atom is 0.405 e. The van der Waals surface area contributed by atoms with Gasteiger partial charge >= 0.3 is 6.09 Å². The molecule has 2 aromatic heterocycles. The van der Waals surface area contributed by atoms with Gasteiger partial charge in [-0.2, -0.15) is 5.10 Å². The van der Waals surface area contributed by atoms with Gasteiger partial charge in [0, 0.05) is 18.3 Å². The highest BCUT2D eigenvalue weighted by atomic mass is 19.1. The fourth-order valence-electron chi connectivity index (χ4n) is 2.37. The van der Waals surface area contributed by atoms with E-state index in [1.165, 1.54) is 19.2 Å². The van der Waals surface area contributed by atoms with Crippen LogP contribution >= 0.6 is 0 Å². The first-order chi connectivity index (χ1) is 11.4. The number of benzene rings is 1. The zero-order chi connectivity index (χ0) is 17.4. The topological polar surface area (TPSA) is 113 Å². The molecule has 8 nitrogen and oxygen atoms in total. The Kier molecular flexibility index (Phi) is 3.72. The van der Waals surface area contributed by atoms with E-state index < -0.39 is 29.3 Å². The largest absolute Gasteiger partial charge is 0.465 e. The monoisotopic (exact) mass is 335 g/mol. The maximum absolute atomic E-state index is 14.0. The Balaban J connectivity index is 2.38. The van der Waals surface area contributed by atoms with Crippen molar-refractivity contribution < 1.29 is 18.7 Å². The number of aromatic amines is 1. The molecule has 0 spiro atoms. The molecular formula is C14H11F2N5O3. The molecule has 0 saturated carbocycles. The number of amides is 1. The standard InChI is InChI=1S/C14H11F2N5O3/c1-6(18-14(23)24)12-19-11-8(4-7(15)5-9(11)16)13(22)21(12)10-2-3-17-20-10/h2-6,18H,1H3,(H,17,20)(H,23,24). The summed E-state index contributed by atoms with van der Waals surface area (Å²) in [4.78, 5) is 27.6. The molecule has 1 atom stereocenters. The summed E-state index contributed by atoms with van der Waals surface area (Å²) in [5.41, 5.74) is -1.11. The molecule has 0 fully saturated rings. The van der Waals surface area contributed by atoms with Gasteiger partial charge in [0.15, 0.2) is 11.6 Å². The highest BCUT2D eigenvalue weighted by molar-refractivity contribution is 5.78. The molecule has 2 heterocycles. The lowest BCUT2D eigenvalue weighted by Crippen LogP contribution is -2.32. The Bertz CT molecular complexity index is 984. The average molecular weight is 335 g/mol. The van der Waals surface area contributed by atoms with E-state index in [4.69, 9.17) is 5.11 Å². The van der Waals surface area contributed by atoms with E-state index >= 15 is 0 Å². The number of nitrogens with one attached hydrogen (secondary N) is 2. The summed E-state index contributed by atoms with van der Waals surface area (Å²) in [6.07, 6.45) is 0.0991. The minimum atomic E-state index is -1.34. The van der Waals surface area contributed by atoms with Gasteiger partial charge < -0.3 is 10.4 Å². The van der Waals surface area contributed by atoms with Crippen LogP contribution in [0.2, 0.25) is 0 Å². The van der Waals surface area contributed by atoms with Gasteiger partial charge in [0.05, 0.1) is 11.4 Å². The first-order valence-electron chi connectivity index (χ1n) is 6.80. The van der Waals surface area contributed by atoms with Gasteiger partial charge in [-0.1, -0.05) is 0 Å². The third kappa shape index (κ3) is 2.57. The van der Waals surface area contributed by atoms with Crippen molar-refractivity contribution in [1.29, 1.82) is 0 Å². The van der Waals surface area contributed by atoms with Crippen molar-refractivity contribution in [3.63, 3.8) is 0 Å². The zero-order valence-corrected chi connectivity index (χ0v) is 12.2. The second kappa shape index (κ2) is 5.72. The summed E-state index contributed by atoms with van der Waals surface area (Å²) in [6.45, 7) is 1.44. The minimum Gasteiger partial charge on any atom is -0.465 e. The van der Waals surface area contributed by atoms with Crippen molar-refractivity contribution in [2.45, 2.75) is 13.0 Å². The fraction of sp³-hybridized carbons (Fsp3) is 0.143. The third-order valence-electron chi connectivity index (χ3n) is 3.36. The average Bonchev–Trinajstić information content (AvgIpc) is 3.01. The maximum atomic E-state index is 14.0. The van der Waals surface area contributed by atoms with E-state index in [0.717, 1.165) is 10.6 Å². The van der Waals surface area contributed by atoms with Crippen LogP contribution in [0.4, 0.5) is 13.6 Å². The molecule has 24 heavy (non-hydrogen) atoms. The van der Waals surface area contributed by atoms with E-state index in [9.17, 15) is 18.4 Å². The first-order valence-corrected chi connectivity index (χ1v) is 6.80. The Morgan fingerprint density at radius 1 is 1.42 bits per heavy atom. The molecule has 124 valence electrons. The SMILES string of the molecule is CC(NC(=O)O)c1nc2c(F)cc(F)cc2c(=O)n1-c1cc[nH]n1. The molecule has 0 aliphatic heterocycles. The number of halogens is 2. The van der Waals surface area contributed by atoms with Gasteiger partial charge in [-0.05, 0) is 13.0 Å². The molecule has 0 saturated heterocycles. The Labute approximate surface area is 132 Å². The number of H-pyrrole nitrogens is 1. The van der Waals surface area contributed by atoms with Gasteiger partial charge in [0.25, 0.3) is 5.56 Å². The van der Waals surface area contributed by atoms with E-state index in [1.54, 1.807) is 0 Å². The molecule has 1 amide bonds. The molecule has 3 aromatic rings. The quantitative estimate of drug-likeness (QED) is 0.674. The number of fused-ring (bicyclic) bond motifs is 1. The van der Waals surface area contributed by atoms with E-state index in [-0.39, 0.29) is 22.5 Å². The normalized spacial score (nSPS) is 12.3. The second-order valence-electron chi connectivity index (χ2n) is 5.00. The van der Waals surface area contributed by atoms with Gasteiger partial charge in [0.2, 0.25) is 0 Å². The Morgan fingerprint density at radius 3 is 2.79 bits per heavy atom. The lowest BCUT2D eigenvalue weighted by atomic mass is 10.2. The molecule has 10 heteroatoms. The summed E-state index contributed by atoms with van der Waals surface area (Å²) in [7, 11) is 0. The lowest BCUT2D eigenvalue weighted by molar-refractivity contribution is 0.190. The van der Waals surface area contributed by atoms with Crippen LogP contribution in [0.3, 0.4) is 0 Å². The Morgan fingerprint density at radius 2 is 2.17 bits per heavy atom. The van der Waals surface area contributed by atoms with Crippen LogP contribution in [-0.4, -0.2) is 30.9 Å². The van der Waals surface area contributed by atoms with Gasteiger partial charge in [-0.3, -0.25) is 9.89 Å². The number of aromatic nitrogens is 4. The summed E-state index contributed by atoms with van der Waals surface area (Å²) in [5, 5.41) is 17.1. The summed E-state index contributed by atoms with van der Waals surface area (Å²) in [5.74, 6) is -1.89. The minimum absolute atomic E-state index is 0.0764. The zero-order valence-electron chi connectivity index (χ0n) is 12.2. The molecule has 0 aliphatic carbocycles. The van der Waals surface area contributed by atoms with Crippen LogP contribution in [-0.2, 0) is 0 Å². The van der Waals surface area contributed by atoms with E-state index in [2.05, 4.69) is 20.5 Å². The molecule has 3 rings (SSSR count). The molecule has 1 aromatic carbocycles. The Hall–Kier alpha value is -3.30. The van der Waals surface area contributed by atoms with E-state index in [1.807, 2.05) is 0 Å².